The molecule has 0 fully saturated rings. The van der Waals surface area contributed by atoms with Crippen LogP contribution in [0.3, 0.4) is 0 Å². The lowest BCUT2D eigenvalue weighted by Crippen LogP contribution is -2.24. The molecular formula is C23H15F2N3O3. The topological polar surface area (TPSA) is 81.1 Å². The van der Waals surface area contributed by atoms with Gasteiger partial charge < -0.3 is 9.88 Å². The highest BCUT2D eigenvalue weighted by molar-refractivity contribution is 6.10. The zero-order chi connectivity index (χ0) is 22.0. The standard InChI is InChI=1S/C23H15F2N3O3/c24-15-2-1-3-17(10-15)27-21(29)13-28-12-19(22(30)14-6-8-26-9-7-14)23(31)18-5-4-16(25)11-20(18)28/h1-12H,13H2,(H,27,29). The fraction of sp³-hybridized carbons (Fsp3) is 0.0435. The number of rotatable bonds is 5. The Balaban J connectivity index is 1.77. The molecule has 1 amide bonds. The Morgan fingerprint density at radius 2 is 1.71 bits per heavy atom. The molecule has 2 aromatic carbocycles. The average molecular weight is 419 g/mol. The van der Waals surface area contributed by atoms with Crippen molar-refractivity contribution in [1.82, 2.24) is 9.55 Å². The van der Waals surface area contributed by atoms with E-state index in [1.807, 2.05) is 0 Å². The summed E-state index contributed by atoms with van der Waals surface area (Å²) in [4.78, 5) is 42.2. The van der Waals surface area contributed by atoms with E-state index in [4.69, 9.17) is 0 Å². The number of fused-ring (bicyclic) bond motifs is 1. The normalized spacial score (nSPS) is 10.8. The van der Waals surface area contributed by atoms with Crippen LogP contribution in [0, 0.1) is 11.6 Å². The van der Waals surface area contributed by atoms with E-state index in [0.717, 1.165) is 18.2 Å². The molecule has 6 nitrogen and oxygen atoms in total. The van der Waals surface area contributed by atoms with Gasteiger partial charge in [-0.1, -0.05) is 6.07 Å². The van der Waals surface area contributed by atoms with E-state index in [1.165, 1.54) is 59.6 Å². The van der Waals surface area contributed by atoms with Crippen LogP contribution in [0.5, 0.6) is 0 Å². The SMILES string of the molecule is O=C(Cn1cc(C(=O)c2ccncc2)c(=O)c2ccc(F)cc21)Nc1cccc(F)c1. The number of ketones is 1. The molecule has 0 aliphatic carbocycles. The molecule has 0 atom stereocenters. The fourth-order valence-electron chi connectivity index (χ4n) is 3.24. The Kier molecular flexibility index (Phi) is 5.36. The van der Waals surface area contributed by atoms with Crippen molar-refractivity contribution >= 4 is 28.3 Å². The minimum absolute atomic E-state index is 0.0971. The van der Waals surface area contributed by atoms with Crippen molar-refractivity contribution < 1.29 is 18.4 Å². The second-order valence-electron chi connectivity index (χ2n) is 6.78. The molecule has 4 rings (SSSR count). The molecular weight excluding hydrogens is 404 g/mol. The van der Waals surface area contributed by atoms with Crippen LogP contribution < -0.4 is 10.7 Å². The summed E-state index contributed by atoms with van der Waals surface area (Å²) in [5, 5.41) is 2.64. The van der Waals surface area contributed by atoms with Gasteiger partial charge in [-0.3, -0.25) is 19.4 Å². The molecule has 154 valence electrons. The van der Waals surface area contributed by atoms with Crippen molar-refractivity contribution in [2.24, 2.45) is 0 Å². The summed E-state index contributed by atoms with van der Waals surface area (Å²) < 4.78 is 28.6. The maximum Gasteiger partial charge on any atom is 0.244 e. The predicted molar refractivity (Wildman–Crippen MR) is 111 cm³/mol. The molecule has 0 radical (unpaired) electrons. The van der Waals surface area contributed by atoms with Gasteiger partial charge in [-0.15, -0.1) is 0 Å². The van der Waals surface area contributed by atoms with E-state index >= 15 is 0 Å². The Morgan fingerprint density at radius 1 is 0.968 bits per heavy atom. The van der Waals surface area contributed by atoms with E-state index in [-0.39, 0.29) is 34.3 Å². The van der Waals surface area contributed by atoms with Crippen LogP contribution in [0.25, 0.3) is 10.9 Å². The quantitative estimate of drug-likeness (QED) is 0.502. The Bertz CT molecular complexity index is 1370. The minimum atomic E-state index is -0.598. The second-order valence-corrected chi connectivity index (χ2v) is 6.78. The van der Waals surface area contributed by atoms with E-state index < -0.39 is 28.8 Å². The first kappa shape index (κ1) is 20.1. The second kappa shape index (κ2) is 8.27. The van der Waals surface area contributed by atoms with Crippen LogP contribution in [-0.4, -0.2) is 21.2 Å². The molecule has 0 unspecified atom stereocenters. The number of carbonyl (C=O) groups excluding carboxylic acids is 2. The van der Waals surface area contributed by atoms with Crippen LogP contribution >= 0.6 is 0 Å². The molecule has 2 aromatic heterocycles. The first-order valence-corrected chi connectivity index (χ1v) is 9.25. The Labute approximate surface area is 174 Å². The van der Waals surface area contributed by atoms with Crippen LogP contribution in [-0.2, 0) is 11.3 Å². The largest absolute Gasteiger partial charge is 0.337 e. The van der Waals surface area contributed by atoms with E-state index in [9.17, 15) is 23.2 Å². The summed E-state index contributed by atoms with van der Waals surface area (Å²) >= 11 is 0. The Morgan fingerprint density at radius 3 is 2.45 bits per heavy atom. The highest BCUT2D eigenvalue weighted by Crippen LogP contribution is 2.17. The summed E-state index contributed by atoms with van der Waals surface area (Å²) in [5.41, 5.74) is -0.0768. The van der Waals surface area contributed by atoms with Gasteiger partial charge in [0.05, 0.1) is 11.1 Å². The van der Waals surface area contributed by atoms with Gasteiger partial charge in [0.25, 0.3) is 0 Å². The third kappa shape index (κ3) is 4.23. The third-order valence-electron chi connectivity index (χ3n) is 4.65. The molecule has 0 saturated carbocycles. The number of pyridine rings is 2. The smallest absolute Gasteiger partial charge is 0.244 e. The van der Waals surface area contributed by atoms with Crippen molar-refractivity contribution in [2.45, 2.75) is 6.54 Å². The highest BCUT2D eigenvalue weighted by Gasteiger charge is 2.18. The lowest BCUT2D eigenvalue weighted by molar-refractivity contribution is -0.116. The Hall–Kier alpha value is -4.20. The van der Waals surface area contributed by atoms with Gasteiger partial charge in [0.1, 0.15) is 18.2 Å². The van der Waals surface area contributed by atoms with E-state index in [1.54, 1.807) is 0 Å². The number of carbonyl (C=O) groups is 2. The van der Waals surface area contributed by atoms with Gasteiger partial charge in [-0.05, 0) is 48.5 Å². The molecule has 0 saturated heterocycles. The molecule has 0 spiro atoms. The van der Waals surface area contributed by atoms with Crippen molar-refractivity contribution in [3.8, 4) is 0 Å². The fourth-order valence-corrected chi connectivity index (χ4v) is 3.24. The van der Waals surface area contributed by atoms with E-state index in [2.05, 4.69) is 10.3 Å². The van der Waals surface area contributed by atoms with E-state index in [0.29, 0.717) is 0 Å². The number of amides is 1. The first-order valence-electron chi connectivity index (χ1n) is 9.25. The van der Waals surface area contributed by atoms with Gasteiger partial charge in [0, 0.05) is 35.2 Å². The third-order valence-corrected chi connectivity index (χ3v) is 4.65. The van der Waals surface area contributed by atoms with Crippen LogP contribution in [0.15, 0.2) is 78.0 Å². The number of hydrogen-bond acceptors (Lipinski definition) is 4. The molecule has 1 N–H and O–H groups in total. The van der Waals surface area contributed by atoms with Gasteiger partial charge >= 0.3 is 0 Å². The summed E-state index contributed by atoms with van der Waals surface area (Å²) in [5.74, 6) is -2.20. The molecule has 4 aromatic rings. The highest BCUT2D eigenvalue weighted by atomic mass is 19.1. The molecule has 0 aliphatic rings. The number of nitrogens with zero attached hydrogens (tertiary/aromatic N) is 2. The number of nitrogens with one attached hydrogen (secondary N) is 1. The maximum atomic E-state index is 13.9. The molecule has 2 heterocycles. The average Bonchev–Trinajstić information content (AvgIpc) is 2.75. The number of benzene rings is 2. The summed E-state index contributed by atoms with van der Waals surface area (Å²) in [6.07, 6.45) is 4.08. The van der Waals surface area contributed by atoms with Crippen LogP contribution in [0.1, 0.15) is 15.9 Å². The lowest BCUT2D eigenvalue weighted by atomic mass is 10.0. The lowest BCUT2D eigenvalue weighted by Gasteiger charge is -2.14. The molecule has 8 heteroatoms. The first-order chi connectivity index (χ1) is 14.9. The van der Waals surface area contributed by atoms with Gasteiger partial charge in [0.2, 0.25) is 11.3 Å². The number of halogens is 2. The molecule has 0 aliphatic heterocycles. The number of anilines is 1. The van der Waals surface area contributed by atoms with Crippen molar-refractivity contribution in [2.75, 3.05) is 5.32 Å². The van der Waals surface area contributed by atoms with Crippen molar-refractivity contribution in [3.05, 3.63) is 106 Å². The van der Waals surface area contributed by atoms with Gasteiger partial charge in [-0.2, -0.15) is 0 Å². The summed E-state index contributed by atoms with van der Waals surface area (Å²) in [6.45, 7) is -0.326. The zero-order valence-corrected chi connectivity index (χ0v) is 16.0. The van der Waals surface area contributed by atoms with Gasteiger partial charge in [-0.25, -0.2) is 8.78 Å². The number of hydrogen-bond donors (Lipinski definition) is 1. The summed E-state index contributed by atoms with van der Waals surface area (Å²) in [6, 6.07) is 11.8. The van der Waals surface area contributed by atoms with Crippen molar-refractivity contribution in [1.29, 1.82) is 0 Å². The zero-order valence-electron chi connectivity index (χ0n) is 16.0. The molecule has 31 heavy (non-hydrogen) atoms. The van der Waals surface area contributed by atoms with Crippen LogP contribution in [0.4, 0.5) is 14.5 Å². The predicted octanol–water partition coefficient (Wildman–Crippen LogP) is 3.54. The van der Waals surface area contributed by atoms with Crippen molar-refractivity contribution in [3.63, 3.8) is 0 Å². The van der Waals surface area contributed by atoms with Gasteiger partial charge in [0.15, 0.2) is 5.78 Å². The maximum absolute atomic E-state index is 13.9. The minimum Gasteiger partial charge on any atom is -0.337 e. The van der Waals surface area contributed by atoms with Crippen LogP contribution in [0.2, 0.25) is 0 Å². The monoisotopic (exact) mass is 419 g/mol. The number of aromatic nitrogens is 2. The molecule has 0 bridgehead atoms. The summed E-state index contributed by atoms with van der Waals surface area (Å²) in [7, 11) is 0.